The molecule has 2 aromatic carbocycles. The number of rotatable bonds is 10. The van der Waals surface area contributed by atoms with E-state index in [0.717, 1.165) is 46.3 Å². The Morgan fingerprint density at radius 1 is 1.16 bits per heavy atom. The molecule has 0 amide bonds. The second-order valence-electron chi connectivity index (χ2n) is 10.5. The molecule has 2 nitrogen and oxygen atoms in total. The van der Waals surface area contributed by atoms with E-state index < -0.39 is 0 Å². The van der Waals surface area contributed by atoms with Crippen molar-refractivity contribution in [2.45, 2.75) is 98.4 Å². The van der Waals surface area contributed by atoms with Gasteiger partial charge in [0.15, 0.2) is 0 Å². The number of benzene rings is 2. The number of aryl methyl sites for hydroxylation is 2. The summed E-state index contributed by atoms with van der Waals surface area (Å²) in [6.45, 7) is 22.4. The third-order valence-corrected chi connectivity index (χ3v) is 8.02. The van der Waals surface area contributed by atoms with Crippen molar-refractivity contribution in [3.63, 3.8) is 0 Å². The molecule has 1 unspecified atom stereocenters. The third-order valence-electron chi connectivity index (χ3n) is 7.65. The molecule has 1 aliphatic rings. The molecule has 1 fully saturated rings. The highest BCUT2D eigenvalue weighted by Gasteiger charge is 2.35. The highest BCUT2D eigenvalue weighted by atomic mass is 35.5. The quantitative estimate of drug-likeness (QED) is 0.311. The molecule has 1 saturated heterocycles. The van der Waals surface area contributed by atoms with Crippen molar-refractivity contribution in [3.8, 4) is 0 Å². The lowest BCUT2D eigenvalue weighted by atomic mass is 9.76. The summed E-state index contributed by atoms with van der Waals surface area (Å²) in [5.41, 5.74) is 5.99. The normalized spacial score (nSPS) is 16.5. The first-order chi connectivity index (χ1) is 17.7. The SMILES string of the molecule is C=Cc1ccc(NC(=C)CCc2ccccc2Cl)cc1C.CC.CCCCCC1CCCN(C)C1(C)C. The van der Waals surface area contributed by atoms with Crippen LogP contribution in [0, 0.1) is 12.8 Å². The predicted molar refractivity (Wildman–Crippen MR) is 169 cm³/mol. The van der Waals surface area contributed by atoms with Crippen LogP contribution in [0.3, 0.4) is 0 Å². The van der Waals surface area contributed by atoms with Gasteiger partial charge in [0, 0.05) is 21.9 Å². The maximum absolute atomic E-state index is 6.16. The molecule has 0 radical (unpaired) electrons. The highest BCUT2D eigenvalue weighted by Crippen LogP contribution is 2.35. The zero-order valence-corrected chi connectivity index (χ0v) is 25.6. The van der Waals surface area contributed by atoms with Gasteiger partial charge in [-0.2, -0.15) is 0 Å². The molecule has 0 aromatic heterocycles. The Bertz CT molecular complexity index is 947. The number of piperidine rings is 1. The molecule has 0 aliphatic carbocycles. The van der Waals surface area contributed by atoms with Gasteiger partial charge in [0.1, 0.15) is 0 Å². The molecule has 0 spiro atoms. The van der Waals surface area contributed by atoms with Crippen molar-refractivity contribution in [3.05, 3.63) is 83.0 Å². The molecule has 2 aromatic rings. The summed E-state index contributed by atoms with van der Waals surface area (Å²) >= 11 is 6.16. The minimum Gasteiger partial charge on any atom is -0.359 e. The number of likely N-dealkylation sites (tertiary alicyclic amines) is 1. The number of anilines is 1. The van der Waals surface area contributed by atoms with Gasteiger partial charge in [0.25, 0.3) is 0 Å². The number of halogens is 1. The lowest BCUT2D eigenvalue weighted by molar-refractivity contribution is 0.0394. The van der Waals surface area contributed by atoms with Crippen LogP contribution in [-0.2, 0) is 6.42 Å². The van der Waals surface area contributed by atoms with Gasteiger partial charge in [-0.1, -0.05) is 95.1 Å². The summed E-state index contributed by atoms with van der Waals surface area (Å²) in [7, 11) is 2.28. The maximum Gasteiger partial charge on any atom is 0.0438 e. The average Bonchev–Trinajstić information content (AvgIpc) is 2.88. The molecular formula is C34H53ClN2. The summed E-state index contributed by atoms with van der Waals surface area (Å²) in [5.74, 6) is 0.924. The van der Waals surface area contributed by atoms with Crippen molar-refractivity contribution >= 4 is 23.4 Å². The minimum atomic E-state index is 0.436. The number of nitrogens with zero attached hydrogens (tertiary/aromatic N) is 1. The Balaban J connectivity index is 0.000000372. The Kier molecular flexibility index (Phi) is 15.6. The lowest BCUT2D eigenvalue weighted by Crippen LogP contribution is -2.50. The van der Waals surface area contributed by atoms with Gasteiger partial charge in [-0.3, -0.25) is 0 Å². The van der Waals surface area contributed by atoms with Crippen LogP contribution in [0.5, 0.6) is 0 Å². The number of hydrogen-bond acceptors (Lipinski definition) is 2. The Morgan fingerprint density at radius 2 is 1.86 bits per heavy atom. The van der Waals surface area contributed by atoms with E-state index in [1.165, 1.54) is 50.6 Å². The van der Waals surface area contributed by atoms with Crippen LogP contribution in [-0.4, -0.2) is 24.0 Å². The fraction of sp³-hybridized carbons (Fsp3) is 0.529. The molecule has 206 valence electrons. The van der Waals surface area contributed by atoms with Crippen molar-refractivity contribution in [2.75, 3.05) is 18.9 Å². The summed E-state index contributed by atoms with van der Waals surface area (Å²) in [6, 6.07) is 14.1. The van der Waals surface area contributed by atoms with Gasteiger partial charge >= 0.3 is 0 Å². The molecule has 37 heavy (non-hydrogen) atoms. The summed E-state index contributed by atoms with van der Waals surface area (Å²) in [5, 5.41) is 4.17. The zero-order chi connectivity index (χ0) is 27.8. The van der Waals surface area contributed by atoms with Gasteiger partial charge < -0.3 is 10.2 Å². The van der Waals surface area contributed by atoms with Crippen LogP contribution in [0.15, 0.2) is 61.3 Å². The maximum atomic E-state index is 6.16. The standard InChI is InChI=1S/C19H20ClN.C13H27N.C2H6/c1-4-16-11-12-18(13-14(16)2)21-15(3)9-10-17-7-5-6-8-19(17)20;1-5-6-7-9-12-10-8-11-14(4)13(12,2)3;1-2/h4-8,11-13,21H,1,3,9-10H2,2H3;12H,5-11H2,1-4H3;1-2H3. The van der Waals surface area contributed by atoms with Crippen molar-refractivity contribution in [2.24, 2.45) is 5.92 Å². The molecule has 3 rings (SSSR count). The van der Waals surface area contributed by atoms with Gasteiger partial charge in [-0.15, -0.1) is 0 Å². The van der Waals surface area contributed by atoms with Crippen molar-refractivity contribution < 1.29 is 0 Å². The highest BCUT2D eigenvalue weighted by molar-refractivity contribution is 6.31. The first-order valence-corrected chi connectivity index (χ1v) is 14.7. The van der Waals surface area contributed by atoms with E-state index in [-0.39, 0.29) is 0 Å². The fourth-order valence-electron chi connectivity index (χ4n) is 4.90. The van der Waals surface area contributed by atoms with Crippen LogP contribution in [0.4, 0.5) is 5.69 Å². The summed E-state index contributed by atoms with van der Waals surface area (Å²) in [6.07, 6.45) is 12.1. The number of allylic oxidation sites excluding steroid dienone is 1. The first kappa shape index (κ1) is 33.0. The van der Waals surface area contributed by atoms with E-state index in [2.05, 4.69) is 76.3 Å². The predicted octanol–water partition coefficient (Wildman–Crippen LogP) is 10.6. The van der Waals surface area contributed by atoms with Crippen LogP contribution < -0.4 is 5.32 Å². The number of unbranched alkanes of at least 4 members (excludes halogenated alkanes) is 2. The van der Waals surface area contributed by atoms with Crippen molar-refractivity contribution in [1.82, 2.24) is 4.90 Å². The largest absolute Gasteiger partial charge is 0.359 e. The molecule has 0 bridgehead atoms. The topological polar surface area (TPSA) is 15.3 Å². The molecule has 3 heteroatoms. The molecule has 0 saturated carbocycles. The summed E-state index contributed by atoms with van der Waals surface area (Å²) in [4.78, 5) is 2.55. The van der Waals surface area contributed by atoms with E-state index >= 15 is 0 Å². The number of nitrogens with one attached hydrogen (secondary N) is 1. The Morgan fingerprint density at radius 3 is 2.49 bits per heavy atom. The average molecular weight is 525 g/mol. The van der Waals surface area contributed by atoms with Crippen LogP contribution in [0.2, 0.25) is 5.02 Å². The van der Waals surface area contributed by atoms with E-state index in [1.54, 1.807) is 0 Å². The second-order valence-corrected chi connectivity index (χ2v) is 10.9. The lowest BCUT2D eigenvalue weighted by Gasteiger charge is -2.46. The molecule has 1 aliphatic heterocycles. The van der Waals surface area contributed by atoms with Gasteiger partial charge in [0.05, 0.1) is 0 Å². The molecule has 1 N–H and O–H groups in total. The third kappa shape index (κ3) is 11.1. The monoisotopic (exact) mass is 524 g/mol. The van der Waals surface area contributed by atoms with Crippen LogP contribution >= 0.6 is 11.6 Å². The second kappa shape index (κ2) is 17.5. The van der Waals surface area contributed by atoms with Crippen LogP contribution in [0.1, 0.15) is 96.3 Å². The fourth-order valence-corrected chi connectivity index (χ4v) is 5.13. The van der Waals surface area contributed by atoms with E-state index in [4.69, 9.17) is 11.6 Å². The van der Waals surface area contributed by atoms with E-state index in [1.807, 2.05) is 44.2 Å². The van der Waals surface area contributed by atoms with Gasteiger partial charge in [-0.25, -0.2) is 0 Å². The first-order valence-electron chi connectivity index (χ1n) is 14.3. The smallest absolute Gasteiger partial charge is 0.0438 e. The number of hydrogen-bond donors (Lipinski definition) is 1. The summed E-state index contributed by atoms with van der Waals surface area (Å²) < 4.78 is 0. The zero-order valence-electron chi connectivity index (χ0n) is 24.8. The van der Waals surface area contributed by atoms with Gasteiger partial charge in [0.2, 0.25) is 0 Å². The van der Waals surface area contributed by atoms with Crippen LogP contribution in [0.25, 0.3) is 6.08 Å². The van der Waals surface area contributed by atoms with Gasteiger partial charge in [-0.05, 0) is 107 Å². The molecule has 1 atom stereocenters. The Hall–Kier alpha value is -2.03. The molecular weight excluding hydrogens is 472 g/mol. The van der Waals surface area contributed by atoms with Crippen molar-refractivity contribution in [1.29, 1.82) is 0 Å². The molecule has 1 heterocycles. The van der Waals surface area contributed by atoms with E-state index in [0.29, 0.717) is 5.54 Å². The van der Waals surface area contributed by atoms with E-state index in [9.17, 15) is 0 Å². The Labute approximate surface area is 234 Å². The minimum absolute atomic E-state index is 0.436.